The van der Waals surface area contributed by atoms with Crippen molar-refractivity contribution >= 4 is 16.7 Å². The third-order valence-corrected chi connectivity index (χ3v) is 5.11. The maximum Gasteiger partial charge on any atom is 0.416 e. The fraction of sp³-hybridized carbons (Fsp3) is 0.391. The highest BCUT2D eigenvalue weighted by atomic mass is 19.4. The van der Waals surface area contributed by atoms with Crippen LogP contribution >= 0.6 is 0 Å². The average Bonchev–Trinajstić information content (AvgIpc) is 2.81. The lowest BCUT2D eigenvalue weighted by Gasteiger charge is -2.20. The molecule has 1 N–H and O–H groups in total. The Morgan fingerprint density at radius 2 is 1.91 bits per heavy atom. The Bertz CT molecular complexity index is 1120. The Kier molecular flexibility index (Phi) is 6.10. The fourth-order valence-corrected chi connectivity index (χ4v) is 3.55. The van der Waals surface area contributed by atoms with Crippen LogP contribution in [0.3, 0.4) is 0 Å². The van der Waals surface area contributed by atoms with Crippen LogP contribution in [0.5, 0.6) is 11.5 Å². The van der Waals surface area contributed by atoms with Gasteiger partial charge in [0.05, 0.1) is 24.3 Å². The average molecular weight is 447 g/mol. The van der Waals surface area contributed by atoms with Gasteiger partial charge in [-0.05, 0) is 44.5 Å². The van der Waals surface area contributed by atoms with Crippen molar-refractivity contribution in [2.75, 3.05) is 25.1 Å². The summed E-state index contributed by atoms with van der Waals surface area (Å²) in [7, 11) is 0. The molecule has 2 heterocycles. The molecule has 32 heavy (non-hydrogen) atoms. The molecule has 0 saturated heterocycles. The zero-order chi connectivity index (χ0) is 22.9. The number of nitrogens with zero attached hydrogens (tertiary/aromatic N) is 2. The first-order valence-corrected chi connectivity index (χ1v) is 10.3. The maximum atomic E-state index is 13.1. The predicted octanol–water partition coefficient (Wildman–Crippen LogP) is 5.31. The van der Waals surface area contributed by atoms with Gasteiger partial charge in [-0.2, -0.15) is 13.2 Å². The standard InChI is InChI=1S/C23H24F3N3O3/c1-13-12-30-7-8-31-20-11-19-18(10-21(20)32-13)22(29-15(3)28-19)27-14(2)16-5-4-6-17(9-16)23(24,25)26/h4-6,9-11,13-14H,7-8,12H2,1-3H3,(H,27,28,29). The molecule has 2 aromatic carbocycles. The molecule has 2 unspecified atom stereocenters. The van der Waals surface area contributed by atoms with Crippen molar-refractivity contribution in [2.45, 2.75) is 39.1 Å². The van der Waals surface area contributed by atoms with Gasteiger partial charge in [0.1, 0.15) is 24.4 Å². The summed E-state index contributed by atoms with van der Waals surface area (Å²) in [5, 5.41) is 3.92. The van der Waals surface area contributed by atoms with Gasteiger partial charge in [-0.25, -0.2) is 9.97 Å². The molecule has 0 saturated carbocycles. The van der Waals surface area contributed by atoms with Gasteiger partial charge in [-0.15, -0.1) is 0 Å². The number of anilines is 1. The molecule has 0 spiro atoms. The maximum absolute atomic E-state index is 13.1. The summed E-state index contributed by atoms with van der Waals surface area (Å²) in [6.45, 7) is 6.72. The second kappa shape index (κ2) is 8.82. The van der Waals surface area contributed by atoms with Gasteiger partial charge in [-0.1, -0.05) is 12.1 Å². The van der Waals surface area contributed by atoms with Crippen LogP contribution in [0, 0.1) is 6.92 Å². The van der Waals surface area contributed by atoms with Crippen molar-refractivity contribution in [2.24, 2.45) is 0 Å². The molecule has 9 heteroatoms. The fourth-order valence-electron chi connectivity index (χ4n) is 3.55. The van der Waals surface area contributed by atoms with Crippen LogP contribution in [0.4, 0.5) is 19.0 Å². The molecule has 6 nitrogen and oxygen atoms in total. The zero-order valence-electron chi connectivity index (χ0n) is 18.0. The number of halogens is 3. The van der Waals surface area contributed by atoms with Crippen molar-refractivity contribution < 1.29 is 27.4 Å². The number of fused-ring (bicyclic) bond motifs is 2. The molecule has 2 atom stereocenters. The van der Waals surface area contributed by atoms with Crippen LogP contribution in [-0.4, -0.2) is 35.9 Å². The summed E-state index contributed by atoms with van der Waals surface area (Å²) in [5.74, 6) is 2.13. The summed E-state index contributed by atoms with van der Waals surface area (Å²) >= 11 is 0. The quantitative estimate of drug-likeness (QED) is 0.587. The highest BCUT2D eigenvalue weighted by Gasteiger charge is 2.30. The second-order valence-corrected chi connectivity index (χ2v) is 7.78. The molecule has 1 aromatic heterocycles. The van der Waals surface area contributed by atoms with Crippen LogP contribution in [-0.2, 0) is 10.9 Å². The number of alkyl halides is 3. The third-order valence-electron chi connectivity index (χ3n) is 5.11. The van der Waals surface area contributed by atoms with E-state index in [-0.39, 0.29) is 6.10 Å². The van der Waals surface area contributed by atoms with E-state index in [1.54, 1.807) is 32.0 Å². The Hall–Kier alpha value is -3.07. The minimum absolute atomic E-state index is 0.181. The monoisotopic (exact) mass is 447 g/mol. The smallest absolute Gasteiger partial charge is 0.416 e. The molecule has 0 radical (unpaired) electrons. The molecule has 0 aliphatic carbocycles. The minimum atomic E-state index is -4.40. The van der Waals surface area contributed by atoms with Gasteiger partial charge in [0.15, 0.2) is 11.5 Å². The summed E-state index contributed by atoms with van der Waals surface area (Å²) in [6.07, 6.45) is -4.58. The number of hydrogen-bond acceptors (Lipinski definition) is 6. The van der Waals surface area contributed by atoms with E-state index < -0.39 is 17.8 Å². The number of rotatable bonds is 3. The molecule has 170 valence electrons. The van der Waals surface area contributed by atoms with Gasteiger partial charge < -0.3 is 19.5 Å². The van der Waals surface area contributed by atoms with E-state index in [9.17, 15) is 13.2 Å². The van der Waals surface area contributed by atoms with Crippen LogP contribution in [0.25, 0.3) is 10.9 Å². The van der Waals surface area contributed by atoms with E-state index in [0.717, 1.165) is 12.1 Å². The van der Waals surface area contributed by atoms with E-state index in [2.05, 4.69) is 15.3 Å². The zero-order valence-corrected chi connectivity index (χ0v) is 18.0. The van der Waals surface area contributed by atoms with Crippen molar-refractivity contribution in [1.29, 1.82) is 0 Å². The van der Waals surface area contributed by atoms with E-state index in [1.807, 2.05) is 6.92 Å². The first kappa shape index (κ1) is 22.1. The first-order valence-electron chi connectivity index (χ1n) is 10.3. The van der Waals surface area contributed by atoms with Crippen LogP contribution < -0.4 is 14.8 Å². The number of aromatic nitrogens is 2. The highest BCUT2D eigenvalue weighted by molar-refractivity contribution is 5.92. The number of ether oxygens (including phenoxy) is 3. The first-order chi connectivity index (χ1) is 15.2. The highest BCUT2D eigenvalue weighted by Crippen LogP contribution is 2.37. The lowest BCUT2D eigenvalue weighted by molar-refractivity contribution is -0.137. The predicted molar refractivity (Wildman–Crippen MR) is 114 cm³/mol. The van der Waals surface area contributed by atoms with Gasteiger partial charge in [-0.3, -0.25) is 0 Å². The normalized spacial score (nSPS) is 17.9. The summed E-state index contributed by atoms with van der Waals surface area (Å²) < 4.78 is 56.7. The molecule has 0 bridgehead atoms. The Balaban J connectivity index is 1.71. The molecule has 0 amide bonds. The topological polar surface area (TPSA) is 65.5 Å². The van der Waals surface area contributed by atoms with Crippen molar-refractivity contribution in [3.8, 4) is 11.5 Å². The lowest BCUT2D eigenvalue weighted by Crippen LogP contribution is -2.19. The van der Waals surface area contributed by atoms with E-state index >= 15 is 0 Å². The molecule has 0 fully saturated rings. The van der Waals surface area contributed by atoms with E-state index in [4.69, 9.17) is 14.2 Å². The van der Waals surface area contributed by atoms with Crippen molar-refractivity contribution in [3.63, 3.8) is 0 Å². The van der Waals surface area contributed by atoms with Crippen LogP contribution in [0.1, 0.15) is 36.8 Å². The lowest BCUT2D eigenvalue weighted by atomic mass is 10.0. The number of aryl methyl sites for hydroxylation is 1. The van der Waals surface area contributed by atoms with Crippen LogP contribution in [0.15, 0.2) is 36.4 Å². The molecule has 1 aliphatic rings. The Labute approximate surface area is 183 Å². The van der Waals surface area contributed by atoms with Gasteiger partial charge in [0, 0.05) is 17.5 Å². The largest absolute Gasteiger partial charge is 0.487 e. The Morgan fingerprint density at radius 1 is 1.09 bits per heavy atom. The van der Waals surface area contributed by atoms with Gasteiger partial charge >= 0.3 is 6.18 Å². The van der Waals surface area contributed by atoms with Crippen LogP contribution in [0.2, 0.25) is 0 Å². The summed E-state index contributed by atoms with van der Waals surface area (Å²) in [4.78, 5) is 9.00. The van der Waals surface area contributed by atoms with Gasteiger partial charge in [0.25, 0.3) is 0 Å². The van der Waals surface area contributed by atoms with E-state index in [1.165, 1.54) is 6.07 Å². The van der Waals surface area contributed by atoms with Gasteiger partial charge in [0.2, 0.25) is 0 Å². The van der Waals surface area contributed by atoms with Crippen molar-refractivity contribution in [1.82, 2.24) is 9.97 Å². The number of nitrogens with one attached hydrogen (secondary N) is 1. The summed E-state index contributed by atoms with van der Waals surface area (Å²) in [6, 6.07) is 8.42. The second-order valence-electron chi connectivity index (χ2n) is 7.78. The summed E-state index contributed by atoms with van der Waals surface area (Å²) in [5.41, 5.74) is 0.454. The Morgan fingerprint density at radius 3 is 2.69 bits per heavy atom. The minimum Gasteiger partial charge on any atom is -0.487 e. The molecular weight excluding hydrogens is 423 g/mol. The number of hydrogen-bond donors (Lipinski definition) is 1. The molecular formula is C23H24F3N3O3. The van der Waals surface area contributed by atoms with E-state index in [0.29, 0.717) is 59.4 Å². The van der Waals surface area contributed by atoms with Crippen molar-refractivity contribution in [3.05, 3.63) is 53.3 Å². The SMILES string of the molecule is Cc1nc(NC(C)c2cccc(C(F)(F)F)c2)c2cc3c(cc2n1)OCCOCC(C)O3. The number of benzene rings is 2. The third kappa shape index (κ3) is 4.88. The molecule has 3 aromatic rings. The molecule has 4 rings (SSSR count). The molecule has 1 aliphatic heterocycles.